The van der Waals surface area contributed by atoms with Gasteiger partial charge in [-0.15, -0.1) is 0 Å². The summed E-state index contributed by atoms with van der Waals surface area (Å²) in [5, 5.41) is 11.7. The van der Waals surface area contributed by atoms with Crippen molar-refractivity contribution >= 4 is 21.6 Å². The molecule has 0 spiro atoms. The van der Waals surface area contributed by atoms with Gasteiger partial charge < -0.3 is 4.74 Å². The van der Waals surface area contributed by atoms with Crippen LogP contribution in [-0.2, 0) is 0 Å². The minimum absolute atomic E-state index is 0.0536. The molecule has 0 radical (unpaired) electrons. The lowest BCUT2D eigenvalue weighted by molar-refractivity contribution is -0.386. The second kappa shape index (κ2) is 5.49. The van der Waals surface area contributed by atoms with E-state index in [0.717, 1.165) is 5.33 Å². The maximum absolute atomic E-state index is 11.0. The molecule has 1 rings (SSSR count). The zero-order chi connectivity index (χ0) is 13.1. The van der Waals surface area contributed by atoms with E-state index in [1.165, 1.54) is 0 Å². The molecule has 0 fully saturated rings. The molecular weight excluding hydrogens is 286 g/mol. The van der Waals surface area contributed by atoms with E-state index in [1.807, 2.05) is 13.8 Å². The summed E-state index contributed by atoms with van der Waals surface area (Å²) in [5.41, 5.74) is 0.611. The molecule has 0 atom stereocenters. The highest BCUT2D eigenvalue weighted by Gasteiger charge is 2.22. The van der Waals surface area contributed by atoms with Crippen LogP contribution in [0.2, 0.25) is 0 Å². The molecule has 0 aliphatic heterocycles. The highest BCUT2D eigenvalue weighted by molar-refractivity contribution is 9.09. The third-order valence-corrected chi connectivity index (χ3v) is 3.88. The fourth-order valence-electron chi connectivity index (χ4n) is 1.29. The van der Waals surface area contributed by atoms with Gasteiger partial charge >= 0.3 is 5.69 Å². The van der Waals surface area contributed by atoms with E-state index < -0.39 is 4.92 Å². The fourth-order valence-corrected chi connectivity index (χ4v) is 1.46. The van der Waals surface area contributed by atoms with E-state index in [-0.39, 0.29) is 11.1 Å². The van der Waals surface area contributed by atoms with Crippen molar-refractivity contribution in [3.8, 4) is 5.75 Å². The largest absolute Gasteiger partial charge is 0.486 e. The van der Waals surface area contributed by atoms with Crippen LogP contribution in [0.15, 0.2) is 18.2 Å². The topological polar surface area (TPSA) is 52.4 Å². The first-order valence-corrected chi connectivity index (χ1v) is 6.42. The molecule has 0 heterocycles. The standard InChI is InChI=1S/C12H16BrNO3/c1-9-5-4-6-10(11(9)14(15)16)17-8-12(2,3)7-13/h4-6H,7-8H2,1-3H3. The number of halogens is 1. The molecule has 0 aromatic heterocycles. The molecule has 4 nitrogen and oxygen atoms in total. The van der Waals surface area contributed by atoms with Gasteiger partial charge in [-0.2, -0.15) is 0 Å². The molecule has 94 valence electrons. The maximum Gasteiger partial charge on any atom is 0.313 e. The predicted octanol–water partition coefficient (Wildman–Crippen LogP) is 3.70. The van der Waals surface area contributed by atoms with Crippen molar-refractivity contribution in [1.29, 1.82) is 0 Å². The Kier molecular flexibility index (Phi) is 4.51. The monoisotopic (exact) mass is 301 g/mol. The summed E-state index contributed by atoms with van der Waals surface area (Å²) in [6.45, 7) is 6.20. The van der Waals surface area contributed by atoms with Crippen molar-refractivity contribution in [1.82, 2.24) is 0 Å². The van der Waals surface area contributed by atoms with Crippen LogP contribution in [0.3, 0.4) is 0 Å². The zero-order valence-corrected chi connectivity index (χ0v) is 11.8. The summed E-state index contributed by atoms with van der Waals surface area (Å²) in [6, 6.07) is 5.11. The Labute approximate surface area is 109 Å². The number of nitro groups is 1. The quantitative estimate of drug-likeness (QED) is 0.473. The summed E-state index contributed by atoms with van der Waals surface area (Å²) in [4.78, 5) is 10.6. The average molecular weight is 302 g/mol. The number of nitro benzene ring substituents is 1. The van der Waals surface area contributed by atoms with Gasteiger partial charge in [0.15, 0.2) is 5.75 Å². The van der Waals surface area contributed by atoms with E-state index in [4.69, 9.17) is 4.74 Å². The molecule has 17 heavy (non-hydrogen) atoms. The number of rotatable bonds is 5. The summed E-state index contributed by atoms with van der Waals surface area (Å²) in [7, 11) is 0. The first-order valence-electron chi connectivity index (χ1n) is 5.30. The lowest BCUT2D eigenvalue weighted by Gasteiger charge is -2.21. The Morgan fingerprint density at radius 3 is 2.65 bits per heavy atom. The Bertz CT molecular complexity index is 418. The molecule has 0 N–H and O–H groups in total. The van der Waals surface area contributed by atoms with Crippen LogP contribution in [-0.4, -0.2) is 16.9 Å². The van der Waals surface area contributed by atoms with Gasteiger partial charge in [-0.1, -0.05) is 41.9 Å². The number of hydrogen-bond acceptors (Lipinski definition) is 3. The minimum Gasteiger partial charge on any atom is -0.486 e. The summed E-state index contributed by atoms with van der Waals surface area (Å²) < 4.78 is 5.56. The van der Waals surface area contributed by atoms with Crippen molar-refractivity contribution in [3.05, 3.63) is 33.9 Å². The third-order valence-electron chi connectivity index (χ3n) is 2.36. The normalized spacial score (nSPS) is 11.3. The Morgan fingerprint density at radius 1 is 1.47 bits per heavy atom. The van der Waals surface area contributed by atoms with Gasteiger partial charge in [-0.05, 0) is 13.0 Å². The van der Waals surface area contributed by atoms with Crippen molar-refractivity contribution in [2.45, 2.75) is 20.8 Å². The molecule has 0 amide bonds. The van der Waals surface area contributed by atoms with E-state index in [1.54, 1.807) is 25.1 Å². The zero-order valence-electron chi connectivity index (χ0n) is 10.2. The van der Waals surface area contributed by atoms with Gasteiger partial charge in [0, 0.05) is 16.3 Å². The molecule has 5 heteroatoms. The molecule has 0 unspecified atom stereocenters. The average Bonchev–Trinajstić information content (AvgIpc) is 2.26. The van der Waals surface area contributed by atoms with Crippen molar-refractivity contribution in [2.75, 3.05) is 11.9 Å². The highest BCUT2D eigenvalue weighted by Crippen LogP contribution is 2.31. The number of benzene rings is 1. The van der Waals surface area contributed by atoms with Crippen LogP contribution < -0.4 is 4.74 Å². The van der Waals surface area contributed by atoms with Gasteiger partial charge in [0.1, 0.15) is 0 Å². The van der Waals surface area contributed by atoms with Crippen molar-refractivity contribution in [3.63, 3.8) is 0 Å². The SMILES string of the molecule is Cc1cccc(OCC(C)(C)CBr)c1[N+](=O)[O-]. The number of para-hydroxylation sites is 1. The fraction of sp³-hybridized carbons (Fsp3) is 0.500. The Morgan fingerprint density at radius 2 is 2.12 bits per heavy atom. The van der Waals surface area contributed by atoms with Crippen LogP contribution in [0.1, 0.15) is 19.4 Å². The number of aryl methyl sites for hydroxylation is 1. The Hall–Kier alpha value is -1.10. The van der Waals surface area contributed by atoms with E-state index >= 15 is 0 Å². The number of hydrogen-bond donors (Lipinski definition) is 0. The van der Waals surface area contributed by atoms with Gasteiger partial charge in [0.05, 0.1) is 11.5 Å². The third kappa shape index (κ3) is 3.70. The number of alkyl halides is 1. The lowest BCUT2D eigenvalue weighted by atomic mass is 9.98. The van der Waals surface area contributed by atoms with E-state index in [0.29, 0.717) is 17.9 Å². The summed E-state index contributed by atoms with van der Waals surface area (Å²) >= 11 is 3.39. The van der Waals surface area contributed by atoms with Gasteiger partial charge in [-0.25, -0.2) is 0 Å². The predicted molar refractivity (Wildman–Crippen MR) is 70.9 cm³/mol. The van der Waals surface area contributed by atoms with Crippen molar-refractivity contribution < 1.29 is 9.66 Å². The second-order valence-corrected chi connectivity index (χ2v) is 5.33. The van der Waals surface area contributed by atoms with Crippen LogP contribution >= 0.6 is 15.9 Å². The van der Waals surface area contributed by atoms with Crippen LogP contribution in [0.25, 0.3) is 0 Å². The van der Waals surface area contributed by atoms with Gasteiger partial charge in [0.2, 0.25) is 0 Å². The van der Waals surface area contributed by atoms with Crippen LogP contribution in [0.4, 0.5) is 5.69 Å². The van der Waals surface area contributed by atoms with Crippen LogP contribution in [0.5, 0.6) is 5.75 Å². The molecule has 1 aromatic rings. The smallest absolute Gasteiger partial charge is 0.313 e. The number of ether oxygens (including phenoxy) is 1. The maximum atomic E-state index is 11.0. The minimum atomic E-state index is -0.397. The number of nitrogens with zero attached hydrogens (tertiary/aromatic N) is 1. The molecule has 0 saturated heterocycles. The van der Waals surface area contributed by atoms with Crippen molar-refractivity contribution in [2.24, 2.45) is 5.41 Å². The van der Waals surface area contributed by atoms with Crippen LogP contribution in [0, 0.1) is 22.5 Å². The molecule has 0 bridgehead atoms. The molecule has 0 aliphatic carbocycles. The molecular formula is C12H16BrNO3. The van der Waals surface area contributed by atoms with E-state index in [9.17, 15) is 10.1 Å². The van der Waals surface area contributed by atoms with Gasteiger partial charge in [-0.3, -0.25) is 10.1 Å². The summed E-state index contributed by atoms with van der Waals surface area (Å²) in [6.07, 6.45) is 0. The lowest BCUT2D eigenvalue weighted by Crippen LogP contribution is -2.23. The van der Waals surface area contributed by atoms with E-state index in [2.05, 4.69) is 15.9 Å². The first-order chi connectivity index (χ1) is 7.87. The first kappa shape index (κ1) is 14.0. The highest BCUT2D eigenvalue weighted by atomic mass is 79.9. The second-order valence-electron chi connectivity index (χ2n) is 4.77. The molecule has 1 aromatic carbocycles. The molecule has 0 saturated carbocycles. The molecule has 0 aliphatic rings. The summed E-state index contributed by atoms with van der Waals surface area (Å²) in [5.74, 6) is 0.337. The van der Waals surface area contributed by atoms with Gasteiger partial charge in [0.25, 0.3) is 0 Å². The Balaban J connectivity index is 2.92.